The number of hydrogen-bond acceptors (Lipinski definition) is 5. The van der Waals surface area contributed by atoms with Crippen molar-refractivity contribution in [1.82, 2.24) is 4.90 Å². The zero-order chi connectivity index (χ0) is 25.0. The van der Waals surface area contributed by atoms with Crippen LogP contribution in [0.3, 0.4) is 0 Å². The summed E-state index contributed by atoms with van der Waals surface area (Å²) in [5.41, 5.74) is 3.46. The van der Waals surface area contributed by atoms with Crippen LogP contribution < -0.4 is 9.04 Å². The molecule has 0 unspecified atom stereocenters. The number of phenolic OH excluding ortho intramolecular Hbond substituents is 1. The van der Waals surface area contributed by atoms with Gasteiger partial charge in [0.15, 0.2) is 0 Å². The van der Waals surface area contributed by atoms with Gasteiger partial charge in [0.25, 0.3) is 10.0 Å². The summed E-state index contributed by atoms with van der Waals surface area (Å²) in [7, 11) is -3.91. The average molecular weight is 495 g/mol. The summed E-state index contributed by atoms with van der Waals surface area (Å²) < 4.78 is 35.3. The molecule has 0 saturated carbocycles. The standard InChI is InChI=1S/C28H34N2O4S/c1-21-18-22(2)28(23(3)19-21)35(32,33)30(20-24-8-4-5-9-27(24)31)25-10-12-26(13-11-25)34-17-16-29-14-6-7-15-29/h4-5,8-13,18-19,31H,6-7,14-17,20H2,1-3H3. The van der Waals surface area contributed by atoms with E-state index < -0.39 is 10.0 Å². The lowest BCUT2D eigenvalue weighted by Gasteiger charge is -2.27. The molecular weight excluding hydrogens is 460 g/mol. The van der Waals surface area contributed by atoms with E-state index in [1.165, 1.54) is 17.1 Å². The summed E-state index contributed by atoms with van der Waals surface area (Å²) in [4.78, 5) is 2.69. The number of hydrogen-bond donors (Lipinski definition) is 1. The summed E-state index contributed by atoms with van der Waals surface area (Å²) in [6, 6.07) is 17.7. The minimum absolute atomic E-state index is 0.0108. The van der Waals surface area contributed by atoms with E-state index in [-0.39, 0.29) is 12.3 Å². The van der Waals surface area contributed by atoms with Gasteiger partial charge < -0.3 is 9.84 Å². The van der Waals surface area contributed by atoms with Gasteiger partial charge in [0, 0.05) is 12.1 Å². The molecule has 0 spiro atoms. The number of anilines is 1. The molecule has 1 N–H and O–H groups in total. The van der Waals surface area contributed by atoms with Crippen molar-refractivity contribution in [3.05, 3.63) is 82.9 Å². The van der Waals surface area contributed by atoms with Crippen LogP contribution in [0.2, 0.25) is 0 Å². The fourth-order valence-corrected chi connectivity index (χ4v) is 6.67. The number of rotatable bonds is 9. The Labute approximate surface area is 208 Å². The van der Waals surface area contributed by atoms with Crippen molar-refractivity contribution in [2.24, 2.45) is 0 Å². The van der Waals surface area contributed by atoms with Gasteiger partial charge in [0.1, 0.15) is 18.1 Å². The number of para-hydroxylation sites is 1. The number of likely N-dealkylation sites (tertiary alicyclic amines) is 1. The second kappa shape index (κ2) is 10.7. The van der Waals surface area contributed by atoms with Crippen LogP contribution in [0.25, 0.3) is 0 Å². The minimum atomic E-state index is -3.91. The third kappa shape index (κ3) is 5.80. The number of phenols is 1. The zero-order valence-electron chi connectivity index (χ0n) is 20.7. The number of aryl methyl sites for hydroxylation is 3. The van der Waals surface area contributed by atoms with Gasteiger partial charge in [-0.1, -0.05) is 35.9 Å². The third-order valence-corrected chi connectivity index (χ3v) is 8.54. The van der Waals surface area contributed by atoms with Crippen molar-refractivity contribution >= 4 is 15.7 Å². The topological polar surface area (TPSA) is 70.1 Å². The van der Waals surface area contributed by atoms with Gasteiger partial charge in [-0.15, -0.1) is 0 Å². The number of aromatic hydroxyl groups is 1. The predicted octanol–water partition coefficient (Wildman–Crippen LogP) is 5.19. The summed E-state index contributed by atoms with van der Waals surface area (Å²) in [6.45, 7) is 9.35. The normalized spacial score (nSPS) is 14.3. The van der Waals surface area contributed by atoms with Crippen molar-refractivity contribution in [1.29, 1.82) is 0 Å². The summed E-state index contributed by atoms with van der Waals surface area (Å²) in [5, 5.41) is 10.4. The van der Waals surface area contributed by atoms with Gasteiger partial charge in [-0.05, 0) is 88.2 Å². The number of benzene rings is 3. The lowest BCUT2D eigenvalue weighted by Crippen LogP contribution is -2.31. The molecule has 0 aliphatic carbocycles. The van der Waals surface area contributed by atoms with E-state index in [2.05, 4.69) is 4.90 Å². The van der Waals surface area contributed by atoms with E-state index in [1.54, 1.807) is 36.4 Å². The first-order valence-corrected chi connectivity index (χ1v) is 13.5. The minimum Gasteiger partial charge on any atom is -0.508 e. The van der Waals surface area contributed by atoms with Gasteiger partial charge in [-0.25, -0.2) is 8.42 Å². The first kappa shape index (κ1) is 25.1. The van der Waals surface area contributed by atoms with E-state index in [9.17, 15) is 13.5 Å². The zero-order valence-corrected chi connectivity index (χ0v) is 21.5. The molecule has 3 aromatic carbocycles. The summed E-state index contributed by atoms with van der Waals surface area (Å²) >= 11 is 0. The van der Waals surface area contributed by atoms with Gasteiger partial charge in [0.2, 0.25) is 0 Å². The first-order valence-electron chi connectivity index (χ1n) is 12.1. The maximum Gasteiger partial charge on any atom is 0.265 e. The Morgan fingerprint density at radius 3 is 2.20 bits per heavy atom. The smallest absolute Gasteiger partial charge is 0.265 e. The Kier molecular flexibility index (Phi) is 7.67. The number of nitrogens with zero attached hydrogens (tertiary/aromatic N) is 2. The van der Waals surface area contributed by atoms with Crippen molar-refractivity contribution in [2.75, 3.05) is 30.5 Å². The van der Waals surface area contributed by atoms with Gasteiger partial charge in [0.05, 0.1) is 17.1 Å². The summed E-state index contributed by atoms with van der Waals surface area (Å²) in [6.07, 6.45) is 2.49. The number of ether oxygens (including phenoxy) is 1. The highest BCUT2D eigenvalue weighted by atomic mass is 32.2. The summed E-state index contributed by atoms with van der Waals surface area (Å²) in [5.74, 6) is 0.766. The largest absolute Gasteiger partial charge is 0.508 e. The monoisotopic (exact) mass is 494 g/mol. The molecule has 0 aromatic heterocycles. The Morgan fingerprint density at radius 1 is 0.943 bits per heavy atom. The van der Waals surface area contributed by atoms with Crippen LogP contribution in [-0.4, -0.2) is 44.7 Å². The fraction of sp³-hybridized carbons (Fsp3) is 0.357. The number of sulfonamides is 1. The van der Waals surface area contributed by atoms with Crippen LogP contribution in [-0.2, 0) is 16.6 Å². The average Bonchev–Trinajstić information content (AvgIpc) is 3.32. The lowest BCUT2D eigenvalue weighted by molar-refractivity contribution is 0.238. The van der Waals surface area contributed by atoms with E-state index in [0.717, 1.165) is 25.2 Å². The molecule has 6 nitrogen and oxygen atoms in total. The Bertz CT molecular complexity index is 1240. The van der Waals surface area contributed by atoms with Crippen LogP contribution in [0.5, 0.6) is 11.5 Å². The van der Waals surface area contributed by atoms with Gasteiger partial charge in [-0.3, -0.25) is 9.21 Å². The molecule has 3 aromatic rings. The highest BCUT2D eigenvalue weighted by molar-refractivity contribution is 7.92. The second-order valence-corrected chi connectivity index (χ2v) is 11.1. The van der Waals surface area contributed by atoms with Gasteiger partial charge >= 0.3 is 0 Å². The Hall–Kier alpha value is -3.03. The van der Waals surface area contributed by atoms with Crippen molar-refractivity contribution in [3.8, 4) is 11.5 Å². The van der Waals surface area contributed by atoms with Crippen molar-refractivity contribution in [2.45, 2.75) is 45.1 Å². The molecule has 1 aliphatic rings. The van der Waals surface area contributed by atoms with Crippen molar-refractivity contribution < 1.29 is 18.3 Å². The quantitative estimate of drug-likeness (QED) is 0.443. The van der Waals surface area contributed by atoms with Gasteiger partial charge in [-0.2, -0.15) is 0 Å². The second-order valence-electron chi connectivity index (χ2n) is 9.26. The van der Waals surface area contributed by atoms with Crippen LogP contribution in [0.15, 0.2) is 65.6 Å². The van der Waals surface area contributed by atoms with E-state index in [1.807, 2.05) is 45.0 Å². The molecule has 0 bridgehead atoms. The van der Waals surface area contributed by atoms with E-state index in [4.69, 9.17) is 4.74 Å². The first-order chi connectivity index (χ1) is 16.8. The molecule has 0 atom stereocenters. The lowest BCUT2D eigenvalue weighted by atomic mass is 10.1. The Morgan fingerprint density at radius 2 is 1.57 bits per heavy atom. The fourth-order valence-electron chi connectivity index (χ4n) is 4.81. The highest BCUT2D eigenvalue weighted by Gasteiger charge is 2.29. The molecule has 0 radical (unpaired) electrons. The van der Waals surface area contributed by atoms with Crippen LogP contribution in [0, 0.1) is 20.8 Å². The SMILES string of the molecule is Cc1cc(C)c(S(=O)(=O)N(Cc2ccccc2O)c2ccc(OCCN3CCCC3)cc2)c(C)c1. The molecule has 1 aliphatic heterocycles. The molecule has 7 heteroatoms. The third-order valence-electron chi connectivity index (χ3n) is 6.46. The molecule has 35 heavy (non-hydrogen) atoms. The van der Waals surface area contributed by atoms with Crippen LogP contribution >= 0.6 is 0 Å². The maximum absolute atomic E-state index is 14.0. The molecule has 1 fully saturated rings. The molecule has 0 amide bonds. The molecular formula is C28H34N2O4S. The maximum atomic E-state index is 14.0. The van der Waals surface area contributed by atoms with Crippen molar-refractivity contribution in [3.63, 3.8) is 0 Å². The van der Waals surface area contributed by atoms with Crippen LogP contribution in [0.4, 0.5) is 5.69 Å². The predicted molar refractivity (Wildman–Crippen MR) is 140 cm³/mol. The van der Waals surface area contributed by atoms with E-state index in [0.29, 0.717) is 39.6 Å². The Balaban J connectivity index is 1.64. The molecule has 4 rings (SSSR count). The van der Waals surface area contributed by atoms with E-state index >= 15 is 0 Å². The highest BCUT2D eigenvalue weighted by Crippen LogP contribution is 2.33. The molecule has 186 valence electrons. The van der Waals surface area contributed by atoms with Crippen LogP contribution in [0.1, 0.15) is 35.1 Å². The molecule has 1 heterocycles. The molecule has 1 saturated heterocycles.